The van der Waals surface area contributed by atoms with Crippen LogP contribution in [-0.4, -0.2) is 34.9 Å². The van der Waals surface area contributed by atoms with Crippen molar-refractivity contribution in [2.24, 2.45) is 0 Å². The summed E-state index contributed by atoms with van der Waals surface area (Å²) in [5.41, 5.74) is 4.17. The molecule has 1 aliphatic heterocycles. The van der Waals surface area contributed by atoms with Gasteiger partial charge in [-0.1, -0.05) is 42.1 Å². The van der Waals surface area contributed by atoms with Crippen LogP contribution in [0.4, 0.5) is 0 Å². The normalized spacial score (nSPS) is 16.6. The number of benzene rings is 1. The predicted octanol–water partition coefficient (Wildman–Crippen LogP) is 3.49. The molecule has 0 saturated heterocycles. The van der Waals surface area contributed by atoms with Crippen molar-refractivity contribution in [1.82, 2.24) is 20.2 Å². The molecule has 0 spiro atoms. The van der Waals surface area contributed by atoms with Gasteiger partial charge in [0, 0.05) is 49.2 Å². The molecule has 0 fully saturated rings. The zero-order valence-electron chi connectivity index (χ0n) is 14.0. The highest BCUT2D eigenvalue weighted by atomic mass is 32.2. The van der Waals surface area contributed by atoms with Gasteiger partial charge in [0.2, 0.25) is 0 Å². The first-order valence-electron chi connectivity index (χ1n) is 8.00. The molecular formula is C19H18N4OS. The summed E-state index contributed by atoms with van der Waals surface area (Å²) in [6.45, 7) is 0. The van der Waals surface area contributed by atoms with Crippen molar-refractivity contribution >= 4 is 28.7 Å². The number of carbonyl (C=O) groups is 1. The van der Waals surface area contributed by atoms with Crippen molar-refractivity contribution in [3.63, 3.8) is 0 Å². The number of pyridine rings is 1. The van der Waals surface area contributed by atoms with Gasteiger partial charge in [0.05, 0.1) is 4.91 Å². The zero-order chi connectivity index (χ0) is 17.4. The van der Waals surface area contributed by atoms with Crippen molar-refractivity contribution in [2.75, 3.05) is 14.1 Å². The zero-order valence-corrected chi connectivity index (χ0v) is 14.8. The van der Waals surface area contributed by atoms with Crippen LogP contribution in [0.15, 0.2) is 59.9 Å². The molecule has 1 aliphatic rings. The first kappa shape index (κ1) is 15.8. The third kappa shape index (κ3) is 2.89. The van der Waals surface area contributed by atoms with Crippen molar-refractivity contribution in [2.45, 2.75) is 5.37 Å². The van der Waals surface area contributed by atoms with Crippen molar-refractivity contribution in [3.05, 3.63) is 65.5 Å². The van der Waals surface area contributed by atoms with Crippen LogP contribution in [-0.2, 0) is 4.79 Å². The lowest BCUT2D eigenvalue weighted by molar-refractivity contribution is -0.123. The Morgan fingerprint density at radius 1 is 1.20 bits per heavy atom. The van der Waals surface area contributed by atoms with Gasteiger partial charge in [-0.2, -0.15) is 0 Å². The summed E-state index contributed by atoms with van der Waals surface area (Å²) in [6.07, 6.45) is 5.64. The molecule has 3 heterocycles. The van der Waals surface area contributed by atoms with Gasteiger partial charge in [0.1, 0.15) is 11.0 Å². The van der Waals surface area contributed by atoms with Crippen LogP contribution in [0.3, 0.4) is 0 Å². The van der Waals surface area contributed by atoms with Gasteiger partial charge in [-0.3, -0.25) is 4.79 Å². The number of aromatic amines is 1. The monoisotopic (exact) mass is 350 g/mol. The summed E-state index contributed by atoms with van der Waals surface area (Å²) in [5.74, 6) is 0.0166. The Balaban J connectivity index is 1.66. The molecule has 3 aromatic rings. The van der Waals surface area contributed by atoms with E-state index in [0.29, 0.717) is 0 Å². The highest BCUT2D eigenvalue weighted by molar-refractivity contribution is 8.04. The van der Waals surface area contributed by atoms with E-state index in [1.54, 1.807) is 25.2 Å². The minimum absolute atomic E-state index is 0.000438. The van der Waals surface area contributed by atoms with E-state index in [1.807, 2.05) is 30.6 Å². The van der Waals surface area contributed by atoms with Gasteiger partial charge in [0.25, 0.3) is 5.91 Å². The molecule has 0 saturated carbocycles. The van der Waals surface area contributed by atoms with Gasteiger partial charge >= 0.3 is 0 Å². The van der Waals surface area contributed by atoms with Crippen LogP contribution in [0.2, 0.25) is 0 Å². The third-order valence-corrected chi connectivity index (χ3v) is 5.35. The molecule has 5 nitrogen and oxygen atoms in total. The summed E-state index contributed by atoms with van der Waals surface area (Å²) in [6, 6.07) is 12.4. The topological polar surface area (TPSA) is 61.0 Å². The van der Waals surface area contributed by atoms with Gasteiger partial charge < -0.3 is 15.2 Å². The fraction of sp³-hybridized carbons (Fsp3) is 0.158. The summed E-state index contributed by atoms with van der Waals surface area (Å²) >= 11 is 1.53. The minimum atomic E-state index is 0.000438. The molecule has 25 heavy (non-hydrogen) atoms. The molecule has 0 aliphatic carbocycles. The first-order chi connectivity index (χ1) is 12.1. The predicted molar refractivity (Wildman–Crippen MR) is 102 cm³/mol. The second-order valence-electron chi connectivity index (χ2n) is 6.10. The molecular weight excluding hydrogens is 332 g/mol. The smallest absolute Gasteiger partial charge is 0.261 e. The van der Waals surface area contributed by atoms with Crippen LogP contribution < -0.4 is 5.32 Å². The molecule has 0 radical (unpaired) electrons. The average Bonchev–Trinajstić information content (AvgIpc) is 3.27. The number of hydrogen-bond acceptors (Lipinski definition) is 4. The van der Waals surface area contributed by atoms with E-state index in [1.165, 1.54) is 11.8 Å². The van der Waals surface area contributed by atoms with E-state index in [2.05, 4.69) is 33.5 Å². The van der Waals surface area contributed by atoms with Gasteiger partial charge in [0.15, 0.2) is 0 Å². The third-order valence-electron chi connectivity index (χ3n) is 4.18. The Labute approximate surface area is 150 Å². The first-order valence-corrected chi connectivity index (χ1v) is 8.88. The highest BCUT2D eigenvalue weighted by Crippen LogP contribution is 2.40. The van der Waals surface area contributed by atoms with Crippen LogP contribution in [0.25, 0.3) is 22.2 Å². The second-order valence-corrected chi connectivity index (χ2v) is 7.25. The summed E-state index contributed by atoms with van der Waals surface area (Å²) in [7, 11) is 3.53. The van der Waals surface area contributed by atoms with Crippen LogP contribution in [0, 0.1) is 0 Å². The quantitative estimate of drug-likeness (QED) is 0.759. The Morgan fingerprint density at radius 3 is 2.76 bits per heavy atom. The Bertz CT molecular complexity index is 962. The number of hydrogen-bond donors (Lipinski definition) is 2. The number of nitrogens with one attached hydrogen (secondary N) is 2. The lowest BCUT2D eigenvalue weighted by atomic mass is 10.1. The lowest BCUT2D eigenvalue weighted by Crippen LogP contribution is -2.21. The molecule has 1 aromatic carbocycles. The summed E-state index contributed by atoms with van der Waals surface area (Å²) < 4.78 is 0. The Hall–Kier alpha value is -2.73. The average molecular weight is 350 g/mol. The molecule has 0 bridgehead atoms. The molecule has 126 valence electrons. The van der Waals surface area contributed by atoms with Crippen LogP contribution in [0.1, 0.15) is 10.9 Å². The SMILES string of the molecule is CN(C)C(=O)C1=CNC(c2c[nH]c3ncc(-c4ccccc4)cc23)S1. The number of likely N-dealkylation sites (N-methyl/N-ethyl adjacent to an activating group) is 1. The molecule has 6 heteroatoms. The molecule has 1 atom stereocenters. The van der Waals surface area contributed by atoms with Crippen molar-refractivity contribution in [3.8, 4) is 11.1 Å². The fourth-order valence-electron chi connectivity index (χ4n) is 2.86. The number of thioether (sulfide) groups is 1. The maximum absolute atomic E-state index is 12.1. The van der Waals surface area contributed by atoms with E-state index in [9.17, 15) is 4.79 Å². The maximum atomic E-state index is 12.1. The molecule has 1 unspecified atom stereocenters. The van der Waals surface area contributed by atoms with E-state index < -0.39 is 0 Å². The standard InChI is InChI=1S/C19H18N4OS/c1-23(2)19(24)16-11-22-18(25-16)15-10-21-17-14(15)8-13(9-20-17)12-6-4-3-5-7-12/h3-11,18,22H,1-2H3,(H,20,21). The highest BCUT2D eigenvalue weighted by Gasteiger charge is 2.26. The summed E-state index contributed by atoms with van der Waals surface area (Å²) in [5, 5.41) is 4.37. The minimum Gasteiger partial charge on any atom is -0.374 e. The van der Waals surface area contributed by atoms with Crippen molar-refractivity contribution < 1.29 is 4.79 Å². The molecule has 2 aromatic heterocycles. The molecule has 4 rings (SSSR count). The van der Waals surface area contributed by atoms with Crippen molar-refractivity contribution in [1.29, 1.82) is 0 Å². The second kappa shape index (κ2) is 6.29. The number of carbonyl (C=O) groups excluding carboxylic acids is 1. The number of rotatable bonds is 3. The van der Waals surface area contributed by atoms with Gasteiger partial charge in [-0.25, -0.2) is 4.98 Å². The van der Waals surface area contributed by atoms with E-state index in [0.717, 1.165) is 32.6 Å². The number of amides is 1. The van der Waals surface area contributed by atoms with Gasteiger partial charge in [-0.05, 0) is 11.6 Å². The summed E-state index contributed by atoms with van der Waals surface area (Å²) in [4.78, 5) is 22.2. The Morgan fingerprint density at radius 2 is 2.00 bits per heavy atom. The number of aromatic nitrogens is 2. The molecule has 2 N–H and O–H groups in total. The van der Waals surface area contributed by atoms with E-state index in [4.69, 9.17) is 0 Å². The fourth-order valence-corrected chi connectivity index (χ4v) is 3.99. The lowest BCUT2D eigenvalue weighted by Gasteiger charge is -2.12. The van der Waals surface area contributed by atoms with Gasteiger partial charge in [-0.15, -0.1) is 0 Å². The maximum Gasteiger partial charge on any atom is 0.261 e. The number of H-pyrrole nitrogens is 1. The van der Waals surface area contributed by atoms with Crippen LogP contribution >= 0.6 is 11.8 Å². The number of fused-ring (bicyclic) bond motifs is 1. The Kier molecular flexibility index (Phi) is 3.97. The molecule has 1 amide bonds. The van der Waals surface area contributed by atoms with E-state index >= 15 is 0 Å². The number of nitrogens with zero attached hydrogens (tertiary/aromatic N) is 2. The van der Waals surface area contributed by atoms with Crippen LogP contribution in [0.5, 0.6) is 0 Å². The van der Waals surface area contributed by atoms with E-state index in [-0.39, 0.29) is 11.3 Å². The largest absolute Gasteiger partial charge is 0.374 e.